The molecular formula is C13H11NO2S. The largest absolute Gasteiger partial charge is 0.412 e. The van der Waals surface area contributed by atoms with Gasteiger partial charge in [-0.1, -0.05) is 23.9 Å². The van der Waals surface area contributed by atoms with Crippen molar-refractivity contribution < 1.29 is 9.53 Å². The number of nitrogens with one attached hydrogen (secondary N) is 1. The van der Waals surface area contributed by atoms with Crippen molar-refractivity contribution in [2.45, 2.75) is 18.3 Å². The number of benzene rings is 1. The molecule has 1 N–H and O–H groups in total. The Bertz CT molecular complexity index is 579. The van der Waals surface area contributed by atoms with E-state index in [1.807, 2.05) is 23.9 Å². The Hall–Kier alpha value is -1.42. The molecule has 0 saturated carbocycles. The van der Waals surface area contributed by atoms with Crippen LogP contribution in [-0.2, 0) is 0 Å². The summed E-state index contributed by atoms with van der Waals surface area (Å²) in [6.07, 6.45) is 0.792. The zero-order valence-electron chi connectivity index (χ0n) is 9.32. The molecule has 0 saturated heterocycles. The van der Waals surface area contributed by atoms with Gasteiger partial charge >= 0.3 is 6.09 Å². The molecule has 3 nitrogen and oxygen atoms in total. The van der Waals surface area contributed by atoms with Crippen LogP contribution < -0.4 is 10.1 Å². The van der Waals surface area contributed by atoms with Gasteiger partial charge in [0.2, 0.25) is 0 Å². The fraction of sp³-hybridized carbons (Fsp3) is 0.308. The Morgan fingerprint density at radius 1 is 1.41 bits per heavy atom. The lowest BCUT2D eigenvalue weighted by atomic mass is 9.96. The average molecular weight is 245 g/mol. The van der Waals surface area contributed by atoms with Crippen molar-refractivity contribution in [3.05, 3.63) is 39.1 Å². The lowest BCUT2D eigenvalue weighted by molar-refractivity contribution is 0.202. The lowest BCUT2D eigenvalue weighted by Crippen LogP contribution is -2.22. The van der Waals surface area contributed by atoms with E-state index in [1.54, 1.807) is 12.0 Å². The fourth-order valence-corrected chi connectivity index (χ4v) is 4.22. The van der Waals surface area contributed by atoms with Crippen LogP contribution in [0.5, 0.6) is 5.75 Å². The Morgan fingerprint density at radius 3 is 3.06 bits per heavy atom. The summed E-state index contributed by atoms with van der Waals surface area (Å²) in [5.41, 5.74) is 2.60. The van der Waals surface area contributed by atoms with E-state index < -0.39 is 0 Å². The van der Waals surface area contributed by atoms with Gasteiger partial charge < -0.3 is 10.1 Å². The molecule has 0 radical (unpaired) electrons. The third-order valence-corrected chi connectivity index (χ3v) is 5.00. The zero-order chi connectivity index (χ0) is 11.6. The van der Waals surface area contributed by atoms with E-state index in [1.165, 1.54) is 22.5 Å². The summed E-state index contributed by atoms with van der Waals surface area (Å²) in [6.45, 7) is 0. The van der Waals surface area contributed by atoms with Crippen LogP contribution in [0.2, 0.25) is 0 Å². The van der Waals surface area contributed by atoms with E-state index in [4.69, 9.17) is 4.74 Å². The molecule has 2 unspecified atom stereocenters. The van der Waals surface area contributed by atoms with Crippen LogP contribution in [0.15, 0.2) is 28.0 Å². The second kappa shape index (κ2) is 3.07. The second-order valence-electron chi connectivity index (χ2n) is 4.57. The molecule has 1 aromatic rings. The van der Waals surface area contributed by atoms with Gasteiger partial charge in [0, 0.05) is 34.3 Å². The number of carbonyl (C=O) groups excluding carboxylic acids is 1. The fourth-order valence-electron chi connectivity index (χ4n) is 3.02. The van der Waals surface area contributed by atoms with Gasteiger partial charge in [0.25, 0.3) is 0 Å². The quantitative estimate of drug-likeness (QED) is 0.826. The van der Waals surface area contributed by atoms with E-state index in [-0.39, 0.29) is 6.09 Å². The Morgan fingerprint density at radius 2 is 2.24 bits per heavy atom. The molecule has 1 aliphatic heterocycles. The minimum atomic E-state index is -0.390. The van der Waals surface area contributed by atoms with Crippen molar-refractivity contribution in [1.29, 1.82) is 0 Å². The molecule has 1 aromatic carbocycles. The molecule has 4 heteroatoms. The first-order chi connectivity index (χ1) is 8.29. The Labute approximate surface area is 103 Å². The van der Waals surface area contributed by atoms with Gasteiger partial charge in [0.05, 0.1) is 0 Å². The first kappa shape index (κ1) is 9.59. The highest BCUT2D eigenvalue weighted by molar-refractivity contribution is 8.13. The van der Waals surface area contributed by atoms with Gasteiger partial charge in [-0.15, -0.1) is 0 Å². The van der Waals surface area contributed by atoms with Gasteiger partial charge in [0.15, 0.2) is 0 Å². The molecule has 0 spiro atoms. The highest BCUT2D eigenvalue weighted by atomic mass is 32.2. The molecule has 2 bridgehead atoms. The third-order valence-electron chi connectivity index (χ3n) is 3.76. The Balaban J connectivity index is 1.78. The van der Waals surface area contributed by atoms with E-state index in [0.717, 1.165) is 5.75 Å². The molecular weight excluding hydrogens is 234 g/mol. The van der Waals surface area contributed by atoms with Crippen molar-refractivity contribution >= 4 is 17.9 Å². The van der Waals surface area contributed by atoms with Gasteiger partial charge in [-0.05, 0) is 18.1 Å². The molecule has 3 aliphatic rings. The number of allylic oxidation sites excluding steroid dienone is 2. The predicted octanol–water partition coefficient (Wildman–Crippen LogP) is 2.95. The normalized spacial score (nSPS) is 26.6. The first-order valence-corrected chi connectivity index (χ1v) is 6.55. The van der Waals surface area contributed by atoms with Gasteiger partial charge in [-0.25, -0.2) is 4.79 Å². The second-order valence-corrected chi connectivity index (χ2v) is 5.65. The van der Waals surface area contributed by atoms with Crippen molar-refractivity contribution in [1.82, 2.24) is 5.32 Å². The average Bonchev–Trinajstić information content (AvgIpc) is 2.96. The van der Waals surface area contributed by atoms with E-state index in [9.17, 15) is 4.79 Å². The van der Waals surface area contributed by atoms with Crippen LogP contribution >= 0.6 is 11.8 Å². The summed E-state index contributed by atoms with van der Waals surface area (Å²) in [4.78, 5) is 14.4. The van der Waals surface area contributed by atoms with E-state index in [0.29, 0.717) is 11.8 Å². The summed E-state index contributed by atoms with van der Waals surface area (Å²) in [7, 11) is 1.58. The number of fused-ring (bicyclic) bond motifs is 7. The van der Waals surface area contributed by atoms with Crippen LogP contribution in [-0.4, -0.2) is 13.1 Å². The number of amides is 1. The summed E-state index contributed by atoms with van der Waals surface area (Å²) < 4.78 is 5.34. The topological polar surface area (TPSA) is 38.3 Å². The van der Waals surface area contributed by atoms with Crippen LogP contribution in [0.25, 0.3) is 0 Å². The summed E-state index contributed by atoms with van der Waals surface area (Å²) in [6, 6.07) is 6.03. The zero-order valence-corrected chi connectivity index (χ0v) is 10.1. The van der Waals surface area contributed by atoms with Crippen LogP contribution in [0.3, 0.4) is 0 Å². The summed E-state index contributed by atoms with van der Waals surface area (Å²) in [5.74, 6) is 1.81. The van der Waals surface area contributed by atoms with Crippen molar-refractivity contribution in [3.63, 3.8) is 0 Å². The lowest BCUT2D eigenvalue weighted by Gasteiger charge is -2.13. The molecule has 86 valence electrons. The molecule has 2 atom stereocenters. The molecule has 0 fully saturated rings. The maximum Gasteiger partial charge on any atom is 0.412 e. The first-order valence-electron chi connectivity index (χ1n) is 5.74. The van der Waals surface area contributed by atoms with Crippen LogP contribution in [0.1, 0.15) is 29.4 Å². The number of thioether (sulfide) groups is 1. The third kappa shape index (κ3) is 1.16. The van der Waals surface area contributed by atoms with E-state index >= 15 is 0 Å². The highest BCUT2D eigenvalue weighted by Crippen LogP contribution is 2.73. The number of hydrogen-bond donors (Lipinski definition) is 1. The van der Waals surface area contributed by atoms with Gasteiger partial charge in [-0.2, -0.15) is 0 Å². The molecule has 2 aliphatic carbocycles. The summed E-state index contributed by atoms with van der Waals surface area (Å²) in [5, 5.41) is 2.49. The molecule has 1 amide bonds. The number of ether oxygens (including phenoxy) is 1. The number of carbonyl (C=O) groups is 1. The SMILES string of the molecule is CNC(=O)Oc1cccc2c1C1CC2C2=C1S2. The number of hydrogen-bond acceptors (Lipinski definition) is 3. The van der Waals surface area contributed by atoms with E-state index in [2.05, 4.69) is 11.4 Å². The minimum Gasteiger partial charge on any atom is -0.410 e. The molecule has 4 rings (SSSR count). The minimum absolute atomic E-state index is 0.390. The molecule has 0 aromatic heterocycles. The maximum absolute atomic E-state index is 11.3. The highest BCUT2D eigenvalue weighted by Gasteiger charge is 2.52. The molecule has 17 heavy (non-hydrogen) atoms. The summed E-state index contributed by atoms with van der Waals surface area (Å²) >= 11 is 1.92. The predicted molar refractivity (Wildman–Crippen MR) is 66.2 cm³/mol. The van der Waals surface area contributed by atoms with Crippen molar-refractivity contribution in [2.24, 2.45) is 0 Å². The standard InChI is InChI=1S/C13H11NO2S/c1-14-13(15)16-9-4-2-3-6-7-5-8(10(6)9)12-11(7)17-12/h2-4,7-8H,5H2,1H3,(H,14,15). The van der Waals surface area contributed by atoms with Crippen LogP contribution in [0.4, 0.5) is 4.79 Å². The van der Waals surface area contributed by atoms with Crippen molar-refractivity contribution in [3.8, 4) is 5.75 Å². The monoisotopic (exact) mass is 245 g/mol. The maximum atomic E-state index is 11.3. The van der Waals surface area contributed by atoms with Gasteiger partial charge in [0.1, 0.15) is 5.75 Å². The Kier molecular flexibility index (Phi) is 1.73. The van der Waals surface area contributed by atoms with Crippen molar-refractivity contribution in [2.75, 3.05) is 7.05 Å². The smallest absolute Gasteiger partial charge is 0.410 e. The van der Waals surface area contributed by atoms with Crippen LogP contribution in [0, 0.1) is 0 Å². The number of rotatable bonds is 1. The van der Waals surface area contributed by atoms with Gasteiger partial charge in [-0.3, -0.25) is 0 Å². The molecule has 1 heterocycles.